The van der Waals surface area contributed by atoms with Crippen molar-refractivity contribution >= 4 is 5.91 Å². The van der Waals surface area contributed by atoms with E-state index in [9.17, 15) is 4.79 Å². The Bertz CT molecular complexity index is 244. The van der Waals surface area contributed by atoms with E-state index in [1.807, 2.05) is 6.92 Å². The van der Waals surface area contributed by atoms with Crippen LogP contribution in [0.5, 0.6) is 0 Å². The van der Waals surface area contributed by atoms with Crippen LogP contribution < -0.4 is 0 Å². The molecule has 1 saturated heterocycles. The molecule has 14 heavy (non-hydrogen) atoms. The van der Waals surface area contributed by atoms with Gasteiger partial charge in [-0.15, -0.1) is 12.3 Å². The first-order valence-corrected chi connectivity index (χ1v) is 5.09. The van der Waals surface area contributed by atoms with Gasteiger partial charge in [-0.05, 0) is 6.42 Å². The number of nitrogens with zero attached hydrogens (tertiary/aromatic N) is 1. The van der Waals surface area contributed by atoms with Crippen molar-refractivity contribution in [3.63, 3.8) is 0 Å². The van der Waals surface area contributed by atoms with Crippen molar-refractivity contribution in [1.82, 2.24) is 4.90 Å². The van der Waals surface area contributed by atoms with E-state index in [1.54, 1.807) is 4.90 Å². The Kier molecular flexibility index (Phi) is 3.97. The quantitative estimate of drug-likeness (QED) is 0.668. The second-order valence-electron chi connectivity index (χ2n) is 3.74. The van der Waals surface area contributed by atoms with Crippen molar-refractivity contribution < 1.29 is 9.90 Å². The van der Waals surface area contributed by atoms with Crippen LogP contribution in [-0.4, -0.2) is 35.1 Å². The summed E-state index contributed by atoms with van der Waals surface area (Å²) in [6.45, 7) is 2.69. The lowest BCUT2D eigenvalue weighted by Crippen LogP contribution is -2.39. The number of amides is 1. The van der Waals surface area contributed by atoms with Gasteiger partial charge >= 0.3 is 0 Å². The Morgan fingerprint density at radius 2 is 2.50 bits per heavy atom. The number of likely N-dealkylation sites (tertiary alicyclic amines) is 1. The van der Waals surface area contributed by atoms with E-state index in [0.717, 1.165) is 12.8 Å². The summed E-state index contributed by atoms with van der Waals surface area (Å²) in [4.78, 5) is 13.3. The fourth-order valence-electron chi connectivity index (χ4n) is 1.88. The number of aliphatic hydroxyl groups is 1. The van der Waals surface area contributed by atoms with Gasteiger partial charge in [-0.2, -0.15) is 0 Å². The molecule has 0 saturated carbocycles. The molecule has 2 unspecified atom stereocenters. The third-order valence-corrected chi connectivity index (χ3v) is 2.67. The maximum Gasteiger partial charge on any atom is 0.224 e. The van der Waals surface area contributed by atoms with Crippen LogP contribution in [-0.2, 0) is 4.79 Å². The maximum absolute atomic E-state index is 11.5. The lowest BCUT2D eigenvalue weighted by atomic mass is 10.1. The number of hydrogen-bond acceptors (Lipinski definition) is 2. The minimum Gasteiger partial charge on any atom is -0.394 e. The molecule has 0 aromatic rings. The van der Waals surface area contributed by atoms with Crippen molar-refractivity contribution in [3.05, 3.63) is 0 Å². The highest BCUT2D eigenvalue weighted by Gasteiger charge is 2.32. The second-order valence-corrected chi connectivity index (χ2v) is 3.74. The molecule has 1 aliphatic rings. The van der Waals surface area contributed by atoms with Gasteiger partial charge in [0.25, 0.3) is 0 Å². The van der Waals surface area contributed by atoms with Gasteiger partial charge in [0.15, 0.2) is 0 Å². The van der Waals surface area contributed by atoms with Crippen LogP contribution in [0.2, 0.25) is 0 Å². The van der Waals surface area contributed by atoms with Gasteiger partial charge in [-0.3, -0.25) is 4.79 Å². The molecule has 0 radical (unpaired) electrons. The van der Waals surface area contributed by atoms with E-state index in [-0.39, 0.29) is 24.5 Å². The SMILES string of the molecule is C#CC1CC(=O)N(C(CO)CCC)C1. The van der Waals surface area contributed by atoms with Crippen LogP contribution in [0.1, 0.15) is 26.2 Å². The van der Waals surface area contributed by atoms with Gasteiger partial charge in [-0.25, -0.2) is 0 Å². The van der Waals surface area contributed by atoms with Gasteiger partial charge < -0.3 is 10.0 Å². The first-order chi connectivity index (χ1) is 6.72. The zero-order chi connectivity index (χ0) is 10.6. The highest BCUT2D eigenvalue weighted by Crippen LogP contribution is 2.21. The van der Waals surface area contributed by atoms with Crippen LogP contribution in [0.4, 0.5) is 0 Å². The van der Waals surface area contributed by atoms with Crippen LogP contribution in [0.3, 0.4) is 0 Å². The minimum atomic E-state index is -0.0363. The van der Waals surface area contributed by atoms with Crippen LogP contribution in [0.15, 0.2) is 0 Å². The normalized spacial score (nSPS) is 23.6. The number of rotatable bonds is 4. The molecule has 1 rings (SSSR count). The van der Waals surface area contributed by atoms with E-state index in [0.29, 0.717) is 13.0 Å². The summed E-state index contributed by atoms with van der Waals surface area (Å²) in [5.41, 5.74) is 0. The molecule has 1 aliphatic heterocycles. The summed E-state index contributed by atoms with van der Waals surface area (Å²) < 4.78 is 0. The van der Waals surface area contributed by atoms with Crippen molar-refractivity contribution in [1.29, 1.82) is 0 Å². The smallest absolute Gasteiger partial charge is 0.224 e. The fraction of sp³-hybridized carbons (Fsp3) is 0.727. The summed E-state index contributed by atoms with van der Waals surface area (Å²) in [5, 5.41) is 9.15. The molecule has 0 spiro atoms. The van der Waals surface area contributed by atoms with Crippen LogP contribution in [0.25, 0.3) is 0 Å². The molecule has 1 amide bonds. The van der Waals surface area contributed by atoms with E-state index in [2.05, 4.69) is 5.92 Å². The molecule has 3 heteroatoms. The molecular weight excluding hydrogens is 178 g/mol. The largest absolute Gasteiger partial charge is 0.394 e. The first kappa shape index (κ1) is 11.1. The van der Waals surface area contributed by atoms with Gasteiger partial charge in [-0.1, -0.05) is 13.3 Å². The molecule has 1 fully saturated rings. The zero-order valence-corrected chi connectivity index (χ0v) is 8.57. The lowest BCUT2D eigenvalue weighted by Gasteiger charge is -2.25. The molecule has 0 aromatic heterocycles. The van der Waals surface area contributed by atoms with Crippen molar-refractivity contribution in [2.45, 2.75) is 32.2 Å². The standard InChI is InChI=1S/C11H17NO2/c1-3-5-10(8-13)12-7-9(4-2)6-11(12)14/h2,9-10,13H,3,5-8H2,1H3. The number of hydrogen-bond donors (Lipinski definition) is 1. The molecule has 2 atom stereocenters. The average Bonchev–Trinajstić information content (AvgIpc) is 2.56. The van der Waals surface area contributed by atoms with Crippen molar-refractivity contribution in [2.24, 2.45) is 5.92 Å². The third-order valence-electron chi connectivity index (χ3n) is 2.67. The van der Waals surface area contributed by atoms with Crippen LogP contribution >= 0.6 is 0 Å². The molecule has 78 valence electrons. The summed E-state index contributed by atoms with van der Waals surface area (Å²) in [6.07, 6.45) is 7.54. The lowest BCUT2D eigenvalue weighted by molar-refractivity contribution is -0.130. The summed E-state index contributed by atoms with van der Waals surface area (Å²) in [7, 11) is 0. The molecule has 0 bridgehead atoms. The van der Waals surface area contributed by atoms with E-state index < -0.39 is 0 Å². The topological polar surface area (TPSA) is 40.5 Å². The van der Waals surface area contributed by atoms with Crippen molar-refractivity contribution in [2.75, 3.05) is 13.2 Å². The molecule has 1 heterocycles. The van der Waals surface area contributed by atoms with E-state index >= 15 is 0 Å². The third kappa shape index (κ3) is 2.27. The van der Waals surface area contributed by atoms with Crippen molar-refractivity contribution in [3.8, 4) is 12.3 Å². The number of aliphatic hydroxyl groups excluding tert-OH is 1. The van der Waals surface area contributed by atoms with Crippen LogP contribution in [0, 0.1) is 18.3 Å². The van der Waals surface area contributed by atoms with Gasteiger partial charge in [0.2, 0.25) is 5.91 Å². The number of terminal acetylenes is 1. The Morgan fingerprint density at radius 3 is 2.93 bits per heavy atom. The number of carbonyl (C=O) groups excluding carboxylic acids is 1. The molecule has 3 nitrogen and oxygen atoms in total. The van der Waals surface area contributed by atoms with Gasteiger partial charge in [0, 0.05) is 18.9 Å². The monoisotopic (exact) mass is 195 g/mol. The molecular formula is C11H17NO2. The molecule has 0 aliphatic carbocycles. The fourth-order valence-corrected chi connectivity index (χ4v) is 1.88. The zero-order valence-electron chi connectivity index (χ0n) is 8.57. The van der Waals surface area contributed by atoms with Gasteiger partial charge in [0.05, 0.1) is 12.6 Å². The maximum atomic E-state index is 11.5. The van der Waals surface area contributed by atoms with E-state index in [1.165, 1.54) is 0 Å². The predicted molar refractivity (Wildman–Crippen MR) is 54.4 cm³/mol. The minimum absolute atomic E-state index is 0.0356. The first-order valence-electron chi connectivity index (χ1n) is 5.09. The highest BCUT2D eigenvalue weighted by molar-refractivity contribution is 5.79. The molecule has 1 N–H and O–H groups in total. The summed E-state index contributed by atoms with van der Waals surface area (Å²) >= 11 is 0. The Morgan fingerprint density at radius 1 is 1.79 bits per heavy atom. The Labute approximate surface area is 85.1 Å². The van der Waals surface area contributed by atoms with E-state index in [4.69, 9.17) is 11.5 Å². The second kappa shape index (κ2) is 5.02. The molecule has 0 aromatic carbocycles. The van der Waals surface area contributed by atoms with Gasteiger partial charge in [0.1, 0.15) is 0 Å². The highest BCUT2D eigenvalue weighted by atomic mass is 16.3. The Balaban J connectivity index is 2.59. The number of carbonyl (C=O) groups is 1. The summed E-state index contributed by atoms with van der Waals surface area (Å²) in [5.74, 6) is 2.72. The Hall–Kier alpha value is -1.01. The predicted octanol–water partition coefficient (Wildman–Crippen LogP) is 0.629. The summed E-state index contributed by atoms with van der Waals surface area (Å²) in [6, 6.07) is -0.0363. The average molecular weight is 195 g/mol.